The highest BCUT2D eigenvalue weighted by Crippen LogP contribution is 2.42. The molecule has 1 N–H and O–H groups in total. The first-order valence-corrected chi connectivity index (χ1v) is 7.82. The summed E-state index contributed by atoms with van der Waals surface area (Å²) in [7, 11) is 3.21. The maximum atomic E-state index is 10.9. The number of rotatable bonds is 5. The number of hydrogen-bond donors (Lipinski definition) is 1. The van der Waals surface area contributed by atoms with E-state index in [2.05, 4.69) is 4.98 Å². The zero-order valence-corrected chi connectivity index (χ0v) is 13.5. The largest absolute Gasteiger partial charge is 0.496 e. The Morgan fingerprint density at radius 1 is 1.17 bits per heavy atom. The monoisotopic (exact) mass is 329 g/mol. The van der Waals surface area contributed by atoms with Crippen LogP contribution in [0.4, 0.5) is 0 Å². The molecule has 23 heavy (non-hydrogen) atoms. The molecule has 0 amide bonds. The molecular weight excluding hydrogens is 314 g/mol. The topological polar surface area (TPSA) is 68.7 Å². The number of aromatic nitrogens is 1. The second-order valence-electron chi connectivity index (χ2n) is 4.90. The quantitative estimate of drug-likeness (QED) is 0.774. The Morgan fingerprint density at radius 2 is 1.87 bits per heavy atom. The lowest BCUT2D eigenvalue weighted by molar-refractivity contribution is -0.136. The molecule has 6 heteroatoms. The maximum absolute atomic E-state index is 10.9. The van der Waals surface area contributed by atoms with Crippen molar-refractivity contribution >= 4 is 28.1 Å². The highest BCUT2D eigenvalue weighted by atomic mass is 32.1. The number of ether oxygens (including phenoxy) is 2. The molecule has 3 aromatic rings. The van der Waals surface area contributed by atoms with Crippen molar-refractivity contribution in [2.24, 2.45) is 0 Å². The fourth-order valence-electron chi connectivity index (χ4n) is 2.55. The van der Waals surface area contributed by atoms with Gasteiger partial charge < -0.3 is 14.6 Å². The van der Waals surface area contributed by atoms with Crippen LogP contribution in [0.5, 0.6) is 11.5 Å². The Labute approximate surface area is 137 Å². The molecule has 0 radical (unpaired) electrons. The van der Waals surface area contributed by atoms with Gasteiger partial charge >= 0.3 is 5.97 Å². The molecule has 118 valence electrons. The Bertz CT molecular complexity index is 872. The van der Waals surface area contributed by atoms with Gasteiger partial charge in [-0.05, 0) is 5.39 Å². The molecule has 0 aliphatic carbocycles. The standard InChI is InChI=1S/C17H15NO4S/c1-21-13-7-14(22-2)17(11-6-4-3-5-10(11)13)12-9-23-15(18-12)8-16(19)20/h3-7,9H,8H2,1-2H3,(H,19,20). The summed E-state index contributed by atoms with van der Waals surface area (Å²) in [6, 6.07) is 9.66. The van der Waals surface area contributed by atoms with Crippen molar-refractivity contribution in [2.45, 2.75) is 6.42 Å². The minimum atomic E-state index is -0.891. The minimum Gasteiger partial charge on any atom is -0.496 e. The number of hydrogen-bond acceptors (Lipinski definition) is 5. The predicted molar refractivity (Wildman–Crippen MR) is 89.5 cm³/mol. The molecule has 3 rings (SSSR count). The van der Waals surface area contributed by atoms with Crippen molar-refractivity contribution in [3.05, 3.63) is 40.7 Å². The third kappa shape index (κ3) is 2.85. The highest BCUT2D eigenvalue weighted by molar-refractivity contribution is 7.10. The second kappa shape index (κ2) is 6.26. The number of nitrogens with zero attached hydrogens (tertiary/aromatic N) is 1. The Morgan fingerprint density at radius 3 is 2.52 bits per heavy atom. The van der Waals surface area contributed by atoms with Crippen LogP contribution in [0.25, 0.3) is 22.0 Å². The van der Waals surface area contributed by atoms with E-state index in [0.29, 0.717) is 16.5 Å². The van der Waals surface area contributed by atoms with Crippen LogP contribution in [0, 0.1) is 0 Å². The molecule has 0 saturated heterocycles. The van der Waals surface area contributed by atoms with E-state index in [9.17, 15) is 4.79 Å². The minimum absolute atomic E-state index is 0.0823. The van der Waals surface area contributed by atoms with Crippen LogP contribution >= 0.6 is 11.3 Å². The van der Waals surface area contributed by atoms with Crippen LogP contribution in [0.3, 0.4) is 0 Å². The van der Waals surface area contributed by atoms with E-state index in [-0.39, 0.29) is 6.42 Å². The van der Waals surface area contributed by atoms with Gasteiger partial charge in [0.1, 0.15) is 16.5 Å². The van der Waals surface area contributed by atoms with Crippen LogP contribution in [0.2, 0.25) is 0 Å². The normalized spacial score (nSPS) is 10.7. The van der Waals surface area contributed by atoms with E-state index in [1.165, 1.54) is 11.3 Å². The van der Waals surface area contributed by atoms with Gasteiger partial charge in [-0.15, -0.1) is 11.3 Å². The van der Waals surface area contributed by atoms with Crippen molar-refractivity contribution in [3.8, 4) is 22.8 Å². The molecule has 1 heterocycles. The first kappa shape index (κ1) is 15.3. The molecule has 0 fully saturated rings. The Hall–Kier alpha value is -2.60. The number of carboxylic acids is 1. The third-order valence-electron chi connectivity index (χ3n) is 3.52. The van der Waals surface area contributed by atoms with Gasteiger partial charge in [0.15, 0.2) is 0 Å². The molecule has 0 unspecified atom stereocenters. The molecule has 0 aliphatic rings. The van der Waals surface area contributed by atoms with Gasteiger partial charge in [0.25, 0.3) is 0 Å². The summed E-state index contributed by atoms with van der Waals surface area (Å²) in [6.45, 7) is 0. The summed E-state index contributed by atoms with van der Waals surface area (Å²) in [4.78, 5) is 15.3. The van der Waals surface area contributed by atoms with E-state index in [4.69, 9.17) is 14.6 Å². The molecule has 2 aromatic carbocycles. The number of carbonyl (C=O) groups is 1. The third-order valence-corrected chi connectivity index (χ3v) is 4.37. The fourth-order valence-corrected chi connectivity index (χ4v) is 3.32. The van der Waals surface area contributed by atoms with E-state index in [0.717, 1.165) is 22.1 Å². The van der Waals surface area contributed by atoms with Crippen LogP contribution in [-0.4, -0.2) is 30.3 Å². The summed E-state index contributed by atoms with van der Waals surface area (Å²) in [5, 5.41) is 13.2. The molecule has 5 nitrogen and oxygen atoms in total. The number of carboxylic acid groups (broad SMARTS) is 1. The summed E-state index contributed by atoms with van der Waals surface area (Å²) in [6.07, 6.45) is -0.0823. The van der Waals surface area contributed by atoms with Gasteiger partial charge in [-0.2, -0.15) is 0 Å². The summed E-state index contributed by atoms with van der Waals surface area (Å²) < 4.78 is 11.0. The van der Waals surface area contributed by atoms with Crippen molar-refractivity contribution < 1.29 is 19.4 Å². The lowest BCUT2D eigenvalue weighted by atomic mass is 10.0. The first-order chi connectivity index (χ1) is 11.1. The van der Waals surface area contributed by atoms with E-state index in [1.54, 1.807) is 14.2 Å². The van der Waals surface area contributed by atoms with Gasteiger partial charge in [-0.3, -0.25) is 4.79 Å². The van der Waals surface area contributed by atoms with E-state index >= 15 is 0 Å². The lowest BCUT2D eigenvalue weighted by Gasteiger charge is -2.13. The SMILES string of the molecule is COc1cc(OC)c2ccccc2c1-c1csc(CC(=O)O)n1. The maximum Gasteiger partial charge on any atom is 0.310 e. The number of fused-ring (bicyclic) bond motifs is 1. The van der Waals surface area contributed by atoms with Gasteiger partial charge in [0.05, 0.1) is 31.9 Å². The van der Waals surface area contributed by atoms with Gasteiger partial charge in [-0.1, -0.05) is 24.3 Å². The predicted octanol–water partition coefficient (Wildman–Crippen LogP) is 3.61. The second-order valence-corrected chi connectivity index (χ2v) is 5.84. The van der Waals surface area contributed by atoms with Crippen molar-refractivity contribution in [3.63, 3.8) is 0 Å². The highest BCUT2D eigenvalue weighted by Gasteiger charge is 2.17. The zero-order chi connectivity index (χ0) is 16.4. The molecule has 0 aliphatic heterocycles. The fraction of sp³-hybridized carbons (Fsp3) is 0.176. The van der Waals surface area contributed by atoms with Crippen molar-refractivity contribution in [1.82, 2.24) is 4.98 Å². The average Bonchev–Trinajstić information content (AvgIpc) is 3.00. The van der Waals surface area contributed by atoms with Crippen LogP contribution in [-0.2, 0) is 11.2 Å². The summed E-state index contributed by atoms with van der Waals surface area (Å²) in [5.41, 5.74) is 1.55. The molecule has 1 aromatic heterocycles. The van der Waals surface area contributed by atoms with Crippen LogP contribution < -0.4 is 9.47 Å². The molecular formula is C17H15NO4S. The number of thiazole rings is 1. The molecule has 0 bridgehead atoms. The Kier molecular flexibility index (Phi) is 4.16. The van der Waals surface area contributed by atoms with Gasteiger partial charge in [0.2, 0.25) is 0 Å². The number of aliphatic carboxylic acids is 1. The summed E-state index contributed by atoms with van der Waals surface area (Å²) in [5.74, 6) is 0.479. The van der Waals surface area contributed by atoms with E-state index in [1.807, 2.05) is 35.7 Å². The average molecular weight is 329 g/mol. The summed E-state index contributed by atoms with van der Waals surface area (Å²) >= 11 is 1.33. The van der Waals surface area contributed by atoms with Gasteiger partial charge in [0, 0.05) is 16.8 Å². The number of methoxy groups -OCH3 is 2. The lowest BCUT2D eigenvalue weighted by Crippen LogP contribution is -1.99. The smallest absolute Gasteiger partial charge is 0.310 e. The molecule has 0 atom stereocenters. The Balaban J connectivity index is 2.23. The zero-order valence-electron chi connectivity index (χ0n) is 12.7. The van der Waals surface area contributed by atoms with E-state index < -0.39 is 5.97 Å². The molecule has 0 spiro atoms. The van der Waals surface area contributed by atoms with Crippen molar-refractivity contribution in [1.29, 1.82) is 0 Å². The molecule has 0 saturated carbocycles. The first-order valence-electron chi connectivity index (χ1n) is 6.94. The van der Waals surface area contributed by atoms with Crippen LogP contribution in [0.15, 0.2) is 35.7 Å². The number of benzene rings is 2. The van der Waals surface area contributed by atoms with Gasteiger partial charge in [-0.25, -0.2) is 4.98 Å². The van der Waals surface area contributed by atoms with Crippen LogP contribution in [0.1, 0.15) is 5.01 Å². The van der Waals surface area contributed by atoms with Crippen molar-refractivity contribution in [2.75, 3.05) is 14.2 Å².